The number of nitrogens with zero attached hydrogens (tertiary/aromatic N) is 3. The number of ketones is 1. The molecule has 2 aromatic heterocycles. The van der Waals surface area contributed by atoms with Crippen LogP contribution >= 0.6 is 22.9 Å². The zero-order valence-electron chi connectivity index (χ0n) is 29.5. The summed E-state index contributed by atoms with van der Waals surface area (Å²) in [6, 6.07) is 4.11. The van der Waals surface area contributed by atoms with Gasteiger partial charge in [0.25, 0.3) is 0 Å². The number of fused-ring (bicyclic) bond motifs is 3. The number of hydrogen-bond donors (Lipinski definition) is 2. The summed E-state index contributed by atoms with van der Waals surface area (Å²) in [7, 11) is -2.27. The number of allylic oxidation sites excluding steroid dienone is 2. The molecule has 2 aliphatic carbocycles. The molecule has 4 aliphatic rings. The van der Waals surface area contributed by atoms with Crippen LogP contribution < -0.4 is 19.5 Å². The van der Waals surface area contributed by atoms with Crippen LogP contribution in [0.1, 0.15) is 83.2 Å². The maximum absolute atomic E-state index is 14.3. The van der Waals surface area contributed by atoms with Crippen LogP contribution in [-0.2, 0) is 19.6 Å². The van der Waals surface area contributed by atoms with Crippen LogP contribution in [0, 0.1) is 11.3 Å². The van der Waals surface area contributed by atoms with Crippen molar-refractivity contribution in [2.75, 3.05) is 20.2 Å². The maximum atomic E-state index is 14.3. The van der Waals surface area contributed by atoms with E-state index in [1.54, 1.807) is 6.07 Å². The van der Waals surface area contributed by atoms with Crippen molar-refractivity contribution in [1.82, 2.24) is 24.9 Å². The standard InChI is InChI=1S/C37H44ClN5O7S2/c1-21(2)27-20-51-34(41-27)26-16-31(25-12-13-30(49-3)32(38)33(25)40-26)50-23-15-28-29(44)18-37(35(45)42-52(47,48)24-10-11-24)17-22(37)9-7-5-4-6-8-14-39-36(46)43(28)19-23/h7,9,12-13,16,20-24,28H,4-6,8,10-11,14-15,17-19H2,1-3H3,(H,39,46)(H,42,45)/b9-7-/t22?,23-,28+,37-/m1/s1. The highest BCUT2D eigenvalue weighted by molar-refractivity contribution is 7.90. The van der Waals surface area contributed by atoms with Crippen LogP contribution in [0.5, 0.6) is 11.5 Å². The van der Waals surface area contributed by atoms with Crippen molar-refractivity contribution in [3.05, 3.63) is 46.4 Å². The van der Waals surface area contributed by atoms with Gasteiger partial charge in [0.2, 0.25) is 15.9 Å². The third-order valence-electron chi connectivity index (χ3n) is 10.6. The Morgan fingerprint density at radius 2 is 1.96 bits per heavy atom. The van der Waals surface area contributed by atoms with E-state index in [1.165, 1.54) is 23.3 Å². The fourth-order valence-electron chi connectivity index (χ4n) is 7.21. The predicted octanol–water partition coefficient (Wildman–Crippen LogP) is 6.38. The number of hydrogen-bond acceptors (Lipinski definition) is 10. The second kappa shape index (κ2) is 14.6. The first-order chi connectivity index (χ1) is 24.9. The highest BCUT2D eigenvalue weighted by Crippen LogP contribution is 2.57. The van der Waals surface area contributed by atoms with Crippen LogP contribution in [-0.4, -0.2) is 78.6 Å². The second-order valence-electron chi connectivity index (χ2n) is 14.7. The van der Waals surface area contributed by atoms with Crippen molar-refractivity contribution >= 4 is 61.6 Å². The number of thiazole rings is 1. The summed E-state index contributed by atoms with van der Waals surface area (Å²) in [6.45, 7) is 4.73. The topological polar surface area (TPSA) is 157 Å². The number of benzene rings is 1. The molecule has 2 aliphatic heterocycles. The molecular weight excluding hydrogens is 726 g/mol. The van der Waals surface area contributed by atoms with E-state index in [2.05, 4.69) is 23.9 Å². The number of ether oxygens (including phenoxy) is 2. The highest BCUT2D eigenvalue weighted by Gasteiger charge is 2.61. The minimum absolute atomic E-state index is 0.124. The minimum atomic E-state index is -3.81. The molecule has 1 aromatic carbocycles. The summed E-state index contributed by atoms with van der Waals surface area (Å²) in [5, 5.41) is 6.06. The fourth-order valence-corrected chi connectivity index (χ4v) is 9.82. The average Bonchev–Trinajstić information content (AvgIpc) is 3.98. The van der Waals surface area contributed by atoms with Gasteiger partial charge < -0.3 is 19.7 Å². The number of carbonyl (C=O) groups excluding carboxylic acids is 3. The van der Waals surface area contributed by atoms with Crippen molar-refractivity contribution in [3.63, 3.8) is 0 Å². The van der Waals surface area contributed by atoms with Gasteiger partial charge in [-0.3, -0.25) is 14.3 Å². The number of pyridine rings is 1. The Morgan fingerprint density at radius 1 is 1.15 bits per heavy atom. The first-order valence-electron chi connectivity index (χ1n) is 18.0. The van der Waals surface area contributed by atoms with E-state index in [9.17, 15) is 22.8 Å². The molecule has 278 valence electrons. The smallest absolute Gasteiger partial charge is 0.318 e. The Morgan fingerprint density at radius 3 is 2.69 bits per heavy atom. The molecule has 4 heterocycles. The third kappa shape index (κ3) is 7.38. The number of amides is 3. The Balaban J connectivity index is 1.20. The monoisotopic (exact) mass is 769 g/mol. The van der Waals surface area contributed by atoms with Crippen molar-refractivity contribution in [2.24, 2.45) is 11.3 Å². The van der Waals surface area contributed by atoms with E-state index in [1.807, 2.05) is 29.7 Å². The Kier molecular flexibility index (Phi) is 10.3. The molecule has 0 radical (unpaired) electrons. The molecule has 3 amide bonds. The molecule has 0 bridgehead atoms. The van der Waals surface area contributed by atoms with Crippen molar-refractivity contribution < 1.29 is 32.3 Å². The molecule has 2 N–H and O–H groups in total. The van der Waals surface area contributed by atoms with Gasteiger partial charge in [0.1, 0.15) is 33.3 Å². The first kappa shape index (κ1) is 36.6. The molecular formula is C37H44ClN5O7S2. The summed E-state index contributed by atoms with van der Waals surface area (Å²) in [4.78, 5) is 52.8. The van der Waals surface area contributed by atoms with Gasteiger partial charge in [-0.2, -0.15) is 0 Å². The number of methoxy groups -OCH3 is 1. The maximum Gasteiger partial charge on any atom is 0.318 e. The second-order valence-corrected chi connectivity index (χ2v) is 17.9. The zero-order chi connectivity index (χ0) is 36.8. The van der Waals surface area contributed by atoms with Crippen molar-refractivity contribution in [3.8, 4) is 22.2 Å². The SMILES string of the molecule is COc1ccc2c(O[C@@H]3C[C@H]4C(=O)C[C@]5(C(=O)NS(=O)(=O)C6CC6)CC5/C=C\CCCCCNC(=O)N4C3)cc(-c3nc(C(C)C)cs3)nc2c1Cl. The number of Topliss-reactive ketones (excluding diaryl/α,β-unsaturated/α-hetero) is 1. The summed E-state index contributed by atoms with van der Waals surface area (Å²) in [5.41, 5.74) is 0.790. The number of carbonyl (C=O) groups is 3. The number of urea groups is 1. The molecule has 0 spiro atoms. The van der Waals surface area contributed by atoms with E-state index >= 15 is 0 Å². The van der Waals surface area contributed by atoms with Gasteiger partial charge in [-0.05, 0) is 62.5 Å². The molecule has 7 rings (SSSR count). The van der Waals surface area contributed by atoms with Crippen LogP contribution in [0.3, 0.4) is 0 Å². The van der Waals surface area contributed by atoms with E-state index in [-0.39, 0.29) is 43.0 Å². The molecule has 1 saturated heterocycles. The normalized spacial score (nSPS) is 26.2. The molecule has 15 heteroatoms. The first-order valence-corrected chi connectivity index (χ1v) is 20.8. The molecule has 3 fully saturated rings. The number of halogens is 1. The quantitative estimate of drug-likeness (QED) is 0.248. The van der Waals surface area contributed by atoms with Crippen LogP contribution in [0.25, 0.3) is 21.6 Å². The van der Waals surface area contributed by atoms with E-state index < -0.39 is 38.7 Å². The summed E-state index contributed by atoms with van der Waals surface area (Å²) >= 11 is 8.26. The number of sulfonamides is 1. The fraction of sp³-hybridized carbons (Fsp3) is 0.541. The molecule has 1 unspecified atom stereocenters. The lowest BCUT2D eigenvalue weighted by Crippen LogP contribution is -2.48. The lowest BCUT2D eigenvalue weighted by atomic mass is 9.91. The Labute approximate surface area is 312 Å². The molecule has 3 aromatic rings. The van der Waals surface area contributed by atoms with Gasteiger partial charge in [-0.25, -0.2) is 23.2 Å². The molecule has 12 nitrogen and oxygen atoms in total. The largest absolute Gasteiger partial charge is 0.495 e. The van der Waals surface area contributed by atoms with Gasteiger partial charge in [-0.1, -0.05) is 44.0 Å². The van der Waals surface area contributed by atoms with Gasteiger partial charge in [0.05, 0.1) is 41.6 Å². The molecule has 2 saturated carbocycles. The van der Waals surface area contributed by atoms with Crippen LogP contribution in [0.4, 0.5) is 4.79 Å². The van der Waals surface area contributed by atoms with Gasteiger partial charge in [-0.15, -0.1) is 11.3 Å². The molecule has 52 heavy (non-hydrogen) atoms. The van der Waals surface area contributed by atoms with Crippen molar-refractivity contribution in [1.29, 1.82) is 0 Å². The molecule has 4 atom stereocenters. The highest BCUT2D eigenvalue weighted by atomic mass is 35.5. The van der Waals surface area contributed by atoms with Crippen LogP contribution in [0.2, 0.25) is 5.02 Å². The van der Waals surface area contributed by atoms with E-state index in [0.29, 0.717) is 63.9 Å². The predicted molar refractivity (Wildman–Crippen MR) is 199 cm³/mol. The zero-order valence-corrected chi connectivity index (χ0v) is 31.9. The summed E-state index contributed by atoms with van der Waals surface area (Å²) < 4.78 is 40.0. The van der Waals surface area contributed by atoms with Gasteiger partial charge in [0, 0.05) is 36.2 Å². The number of aromatic nitrogens is 2. The number of rotatable bonds is 8. The lowest BCUT2D eigenvalue weighted by molar-refractivity contribution is -0.131. The van der Waals surface area contributed by atoms with E-state index in [4.69, 9.17) is 31.0 Å². The summed E-state index contributed by atoms with van der Waals surface area (Å²) in [5.74, 6) is -0.0518. The average molecular weight is 770 g/mol. The van der Waals surface area contributed by atoms with Crippen molar-refractivity contribution in [2.45, 2.75) is 94.9 Å². The van der Waals surface area contributed by atoms with E-state index in [0.717, 1.165) is 31.4 Å². The van der Waals surface area contributed by atoms with Crippen LogP contribution in [0.15, 0.2) is 35.7 Å². The van der Waals surface area contributed by atoms with Gasteiger partial charge >= 0.3 is 6.03 Å². The minimum Gasteiger partial charge on any atom is -0.495 e. The van der Waals surface area contributed by atoms with Gasteiger partial charge in [0.15, 0.2) is 5.78 Å². The lowest BCUT2D eigenvalue weighted by Gasteiger charge is -2.25. The number of nitrogens with one attached hydrogen (secondary N) is 2. The Bertz CT molecular complexity index is 2030. The summed E-state index contributed by atoms with van der Waals surface area (Å²) in [6.07, 6.45) is 8.18. The Hall–Kier alpha value is -3.75. The third-order valence-corrected chi connectivity index (χ3v) is 13.6.